The van der Waals surface area contributed by atoms with Gasteiger partial charge in [0.1, 0.15) is 11.9 Å². The summed E-state index contributed by atoms with van der Waals surface area (Å²) in [6, 6.07) is 11.5. The number of amides is 2. The van der Waals surface area contributed by atoms with Crippen molar-refractivity contribution in [3.63, 3.8) is 0 Å². The Balaban J connectivity index is 1.69. The number of benzene rings is 2. The fourth-order valence-electron chi connectivity index (χ4n) is 5.82. The van der Waals surface area contributed by atoms with E-state index in [1.807, 2.05) is 13.8 Å². The quantitative estimate of drug-likeness (QED) is 0.229. The number of nitrogens with one attached hydrogen (secondary N) is 4. The number of nitrogens with zero attached hydrogens (tertiary/aromatic N) is 1. The Labute approximate surface area is 291 Å². The second-order valence-electron chi connectivity index (χ2n) is 12.1. The maximum atomic E-state index is 15.4. The van der Waals surface area contributed by atoms with Gasteiger partial charge in [0.2, 0.25) is 15.9 Å². The van der Waals surface area contributed by atoms with Crippen molar-refractivity contribution in [3.05, 3.63) is 98.7 Å². The molecule has 0 radical (unpaired) electrons. The van der Waals surface area contributed by atoms with Crippen LogP contribution in [0.5, 0.6) is 0 Å². The molecule has 11 nitrogen and oxygen atoms in total. The first-order valence-corrected chi connectivity index (χ1v) is 17.9. The molecular weight excluding hydrogens is 673 g/mol. The number of methoxy groups -OCH3 is 1. The van der Waals surface area contributed by atoms with Gasteiger partial charge in [0.15, 0.2) is 0 Å². The van der Waals surface area contributed by atoms with Gasteiger partial charge in [0, 0.05) is 53.1 Å². The lowest BCUT2D eigenvalue weighted by molar-refractivity contribution is -0.118. The van der Waals surface area contributed by atoms with E-state index in [0.717, 1.165) is 7.11 Å². The maximum Gasteiger partial charge on any atom is 0.407 e. The van der Waals surface area contributed by atoms with Crippen molar-refractivity contribution in [1.82, 2.24) is 19.9 Å². The van der Waals surface area contributed by atoms with Crippen molar-refractivity contribution in [2.45, 2.75) is 69.6 Å². The minimum atomic E-state index is -3.60. The molecule has 0 saturated carbocycles. The number of hydrogen-bond donors (Lipinski definition) is 4. The molecule has 0 bridgehead atoms. The monoisotopic (exact) mass is 713 g/mol. The first-order chi connectivity index (χ1) is 23.3. The molecule has 4 rings (SSSR count). The van der Waals surface area contributed by atoms with Gasteiger partial charge >= 0.3 is 6.09 Å². The molecule has 2 aromatic carbocycles. The lowest BCUT2D eigenvalue weighted by atomic mass is 9.85. The van der Waals surface area contributed by atoms with E-state index < -0.39 is 45.8 Å². The number of carbonyl (C=O) groups excluding carboxylic acids is 2. The number of anilines is 1. The summed E-state index contributed by atoms with van der Waals surface area (Å²) in [5.41, 5.74) is 1.18. The SMILES string of the molecule is C#CC1CCCS(=O)(=O)NC(CCc2c(F)cccc2NC(=O)[C@@H](NC(=O)OC)[C@@H](c2ccc(Cl)cc2)c2ccc(=O)n(C(C)C)c2)CN1. The van der Waals surface area contributed by atoms with E-state index in [4.69, 9.17) is 22.8 Å². The van der Waals surface area contributed by atoms with E-state index in [2.05, 4.69) is 26.6 Å². The van der Waals surface area contributed by atoms with Crippen LogP contribution in [0.25, 0.3) is 0 Å². The molecule has 0 aliphatic carbocycles. The molecule has 1 aliphatic heterocycles. The zero-order valence-electron chi connectivity index (χ0n) is 27.5. The number of hydrogen-bond acceptors (Lipinski definition) is 7. The molecule has 2 heterocycles. The molecule has 4 atom stereocenters. The summed E-state index contributed by atoms with van der Waals surface area (Å²) in [7, 11) is -2.43. The predicted octanol–water partition coefficient (Wildman–Crippen LogP) is 4.32. The number of carbonyl (C=O) groups is 2. The minimum absolute atomic E-state index is 0.0624. The highest BCUT2D eigenvalue weighted by Gasteiger charge is 2.34. The summed E-state index contributed by atoms with van der Waals surface area (Å²) >= 11 is 6.18. The number of halogens is 2. The Morgan fingerprint density at radius 2 is 1.86 bits per heavy atom. The van der Waals surface area contributed by atoms with Crippen LogP contribution in [0.3, 0.4) is 0 Å². The number of rotatable bonds is 10. The van der Waals surface area contributed by atoms with Gasteiger partial charge in [-0.25, -0.2) is 22.3 Å². The topological polar surface area (TPSA) is 148 Å². The first-order valence-electron chi connectivity index (χ1n) is 15.9. The third-order valence-corrected chi connectivity index (χ3v) is 10.1. The van der Waals surface area contributed by atoms with E-state index in [0.29, 0.717) is 29.0 Å². The second-order valence-corrected chi connectivity index (χ2v) is 14.5. The van der Waals surface area contributed by atoms with Crippen LogP contribution in [-0.4, -0.2) is 62.5 Å². The molecule has 4 N–H and O–H groups in total. The largest absolute Gasteiger partial charge is 0.453 e. The summed E-state index contributed by atoms with van der Waals surface area (Å²) in [5.74, 6) is 0.410. The zero-order valence-corrected chi connectivity index (χ0v) is 29.1. The van der Waals surface area contributed by atoms with Crippen LogP contribution in [0.2, 0.25) is 5.02 Å². The number of pyridine rings is 1. The number of sulfonamides is 1. The van der Waals surface area contributed by atoms with Gasteiger partial charge in [-0.3, -0.25) is 9.59 Å². The summed E-state index contributed by atoms with van der Waals surface area (Å²) in [6.07, 6.45) is 7.51. The van der Waals surface area contributed by atoms with E-state index in [9.17, 15) is 22.8 Å². The fraction of sp³-hybridized carbons (Fsp3) is 0.400. The van der Waals surface area contributed by atoms with Crippen molar-refractivity contribution in [3.8, 4) is 12.3 Å². The molecule has 49 heavy (non-hydrogen) atoms. The number of terminal acetylenes is 1. The van der Waals surface area contributed by atoms with Gasteiger partial charge < -0.3 is 25.3 Å². The van der Waals surface area contributed by atoms with Crippen LogP contribution < -0.4 is 26.2 Å². The maximum absolute atomic E-state index is 15.4. The summed E-state index contributed by atoms with van der Waals surface area (Å²) in [6.45, 7) is 3.92. The van der Waals surface area contributed by atoms with Crippen LogP contribution in [0.15, 0.2) is 65.6 Å². The summed E-state index contributed by atoms with van der Waals surface area (Å²) in [5, 5.41) is 9.06. The number of ether oxygens (including phenoxy) is 1. The highest BCUT2D eigenvalue weighted by atomic mass is 35.5. The Kier molecular flexibility index (Phi) is 13.0. The molecule has 3 aromatic rings. The third kappa shape index (κ3) is 10.1. The third-order valence-electron chi connectivity index (χ3n) is 8.36. The van der Waals surface area contributed by atoms with Gasteiger partial charge in [0.25, 0.3) is 5.56 Å². The standard InChI is InChI=1S/C35H41ClFN5O6S/c1-5-26-8-7-19-49(46,47)41-27(20-38-26)16-17-28-29(37)9-6-10-30(28)39-34(44)33(40-35(45)48-4)32(23-11-14-25(36)15-12-23)24-13-18-31(43)42(21-24)22(2)3/h1,6,9-15,18,21-22,26-27,32-33,38,41H,7-8,16-17,19-20H2,2-4H3,(H,39,44)(H,40,45)/t26?,27?,32-,33-/m0/s1. The fourth-order valence-corrected chi connectivity index (χ4v) is 7.32. The van der Waals surface area contributed by atoms with Crippen LogP contribution in [0, 0.1) is 18.2 Å². The van der Waals surface area contributed by atoms with Crippen LogP contribution >= 0.6 is 11.6 Å². The Hall–Kier alpha value is -4.22. The second kappa shape index (κ2) is 16.9. The molecular formula is C35H41ClFN5O6S. The van der Waals surface area contributed by atoms with Crippen molar-refractivity contribution in [2.75, 3.05) is 24.7 Å². The Bertz CT molecular complexity index is 1840. The lowest BCUT2D eigenvalue weighted by Gasteiger charge is -2.29. The molecule has 2 amide bonds. The zero-order chi connectivity index (χ0) is 35.7. The number of alkyl carbamates (subject to hydrolysis) is 1. The smallest absolute Gasteiger partial charge is 0.407 e. The van der Waals surface area contributed by atoms with Gasteiger partial charge in [-0.15, -0.1) is 6.42 Å². The molecule has 262 valence electrons. The molecule has 1 fully saturated rings. The Morgan fingerprint density at radius 3 is 2.53 bits per heavy atom. The highest BCUT2D eigenvalue weighted by Crippen LogP contribution is 2.31. The van der Waals surface area contributed by atoms with Crippen LogP contribution in [0.1, 0.15) is 61.8 Å². The molecule has 1 aliphatic rings. The highest BCUT2D eigenvalue weighted by molar-refractivity contribution is 7.89. The molecule has 1 aromatic heterocycles. The van der Waals surface area contributed by atoms with E-state index in [1.165, 1.54) is 28.8 Å². The van der Waals surface area contributed by atoms with E-state index in [-0.39, 0.29) is 54.0 Å². The van der Waals surface area contributed by atoms with E-state index >= 15 is 4.39 Å². The van der Waals surface area contributed by atoms with Crippen molar-refractivity contribution in [1.29, 1.82) is 0 Å². The van der Waals surface area contributed by atoms with Gasteiger partial charge in [-0.1, -0.05) is 41.8 Å². The van der Waals surface area contributed by atoms with Crippen molar-refractivity contribution >= 4 is 39.3 Å². The van der Waals surface area contributed by atoms with Crippen molar-refractivity contribution in [2.24, 2.45) is 0 Å². The van der Waals surface area contributed by atoms with Gasteiger partial charge in [-0.2, -0.15) is 0 Å². The summed E-state index contributed by atoms with van der Waals surface area (Å²) in [4.78, 5) is 39.6. The van der Waals surface area contributed by atoms with E-state index in [1.54, 1.807) is 36.5 Å². The molecule has 1 saturated heterocycles. The van der Waals surface area contributed by atoms with Crippen LogP contribution in [-0.2, 0) is 26.0 Å². The predicted molar refractivity (Wildman–Crippen MR) is 188 cm³/mol. The van der Waals surface area contributed by atoms with Crippen molar-refractivity contribution < 1.29 is 27.1 Å². The average Bonchev–Trinajstić information content (AvgIpc) is 3.13. The van der Waals surface area contributed by atoms with Gasteiger partial charge in [0.05, 0.1) is 18.9 Å². The van der Waals surface area contributed by atoms with Crippen LogP contribution in [0.4, 0.5) is 14.9 Å². The first kappa shape index (κ1) is 37.6. The normalized spacial score (nSPS) is 19.0. The average molecular weight is 714 g/mol. The molecule has 0 spiro atoms. The lowest BCUT2D eigenvalue weighted by Crippen LogP contribution is -2.48. The van der Waals surface area contributed by atoms with Gasteiger partial charge in [-0.05, 0) is 74.9 Å². The number of aromatic nitrogens is 1. The Morgan fingerprint density at radius 1 is 1.14 bits per heavy atom. The minimum Gasteiger partial charge on any atom is -0.453 e. The molecule has 2 unspecified atom stereocenters. The molecule has 14 heteroatoms. The summed E-state index contributed by atoms with van der Waals surface area (Å²) < 4.78 is 49.8.